The number of nitrogens with two attached hydrogens (primary N) is 1. The lowest BCUT2D eigenvalue weighted by molar-refractivity contribution is 0.0523. The maximum Gasteiger partial charge on any atom is 0.343 e. The number of hydrogen-bond acceptors (Lipinski definition) is 4. The molecule has 1 rings (SSSR count). The summed E-state index contributed by atoms with van der Waals surface area (Å²) in [4.78, 5) is 23.5. The molecule has 0 aliphatic carbocycles. The highest BCUT2D eigenvalue weighted by molar-refractivity contribution is 6.29. The molecule has 5 nitrogen and oxygen atoms in total. The van der Waals surface area contributed by atoms with Gasteiger partial charge in [-0.2, -0.15) is 0 Å². The van der Waals surface area contributed by atoms with Gasteiger partial charge < -0.3 is 10.5 Å². The largest absolute Gasteiger partial charge is 0.462 e. The molecule has 0 radical (unpaired) electrons. The van der Waals surface area contributed by atoms with Crippen LogP contribution in [0, 0.1) is 0 Å². The van der Waals surface area contributed by atoms with Crippen molar-refractivity contribution in [3.63, 3.8) is 0 Å². The molecule has 0 saturated heterocycles. The summed E-state index contributed by atoms with van der Waals surface area (Å²) in [5.41, 5.74) is 5.10. The Labute approximate surface area is 104 Å². The maximum absolute atomic E-state index is 12.0. The Morgan fingerprint density at radius 2 is 2.24 bits per heavy atom. The Hall–Kier alpha value is -1.33. The third-order valence-electron chi connectivity index (χ3n) is 2.09. The number of carbonyl (C=O) groups is 1. The Morgan fingerprint density at radius 3 is 2.76 bits per heavy atom. The highest BCUT2D eigenvalue weighted by Crippen LogP contribution is 2.08. The van der Waals surface area contributed by atoms with Crippen LogP contribution in [0.5, 0.6) is 0 Å². The third kappa shape index (κ3) is 3.31. The van der Waals surface area contributed by atoms with E-state index in [2.05, 4.69) is 0 Å². The molecular formula is C11H15ClN2O3. The van der Waals surface area contributed by atoms with E-state index in [-0.39, 0.29) is 29.9 Å². The van der Waals surface area contributed by atoms with E-state index in [9.17, 15) is 9.59 Å². The molecule has 94 valence electrons. The van der Waals surface area contributed by atoms with Gasteiger partial charge in [0.05, 0.1) is 6.61 Å². The number of nitrogens with zero attached hydrogens (tertiary/aromatic N) is 1. The molecule has 0 saturated carbocycles. The van der Waals surface area contributed by atoms with Gasteiger partial charge in [-0.3, -0.25) is 9.36 Å². The van der Waals surface area contributed by atoms with Gasteiger partial charge >= 0.3 is 5.97 Å². The zero-order valence-electron chi connectivity index (χ0n) is 9.77. The van der Waals surface area contributed by atoms with Gasteiger partial charge in [0.2, 0.25) is 0 Å². The van der Waals surface area contributed by atoms with Crippen LogP contribution in [0.15, 0.2) is 16.9 Å². The van der Waals surface area contributed by atoms with Crippen molar-refractivity contribution in [2.24, 2.45) is 5.73 Å². The van der Waals surface area contributed by atoms with Gasteiger partial charge in [-0.1, -0.05) is 11.6 Å². The highest BCUT2D eigenvalue weighted by atomic mass is 35.5. The van der Waals surface area contributed by atoms with Crippen molar-refractivity contribution in [3.05, 3.63) is 33.2 Å². The predicted octanol–water partition coefficient (Wildman–Crippen LogP) is 1.03. The Kier molecular flexibility index (Phi) is 4.72. The van der Waals surface area contributed by atoms with Crippen molar-refractivity contribution in [1.82, 2.24) is 4.57 Å². The number of halogens is 1. The van der Waals surface area contributed by atoms with E-state index >= 15 is 0 Å². The molecule has 0 spiro atoms. The molecule has 0 aliphatic rings. The monoisotopic (exact) mass is 258 g/mol. The van der Waals surface area contributed by atoms with E-state index in [4.69, 9.17) is 22.1 Å². The molecule has 1 heterocycles. The number of aromatic nitrogens is 1. The van der Waals surface area contributed by atoms with Crippen molar-refractivity contribution in [2.45, 2.75) is 26.4 Å². The molecule has 17 heavy (non-hydrogen) atoms. The van der Waals surface area contributed by atoms with Crippen LogP contribution in [-0.2, 0) is 11.3 Å². The molecule has 0 amide bonds. The zero-order valence-corrected chi connectivity index (χ0v) is 10.5. The quantitative estimate of drug-likeness (QED) is 0.647. The maximum atomic E-state index is 12.0. The first-order chi connectivity index (χ1) is 7.97. The van der Waals surface area contributed by atoms with Crippen LogP contribution in [0.2, 0.25) is 5.15 Å². The first kappa shape index (κ1) is 13.7. The summed E-state index contributed by atoms with van der Waals surface area (Å²) >= 11 is 5.88. The predicted molar refractivity (Wildman–Crippen MR) is 65.3 cm³/mol. The lowest BCUT2D eigenvalue weighted by atomic mass is 10.2. The fourth-order valence-electron chi connectivity index (χ4n) is 1.38. The van der Waals surface area contributed by atoms with Crippen LogP contribution in [0.1, 0.15) is 24.2 Å². The molecule has 0 fully saturated rings. The molecule has 0 aromatic carbocycles. The summed E-state index contributed by atoms with van der Waals surface area (Å²) in [6, 6.07) is 2.61. The number of carbonyl (C=O) groups excluding carboxylic acids is 1. The number of hydrogen-bond donors (Lipinski definition) is 1. The van der Waals surface area contributed by atoms with Crippen molar-refractivity contribution < 1.29 is 9.53 Å². The average Bonchev–Trinajstić information content (AvgIpc) is 2.24. The van der Waals surface area contributed by atoms with E-state index in [1.54, 1.807) is 13.8 Å². The fourth-order valence-corrected chi connectivity index (χ4v) is 1.59. The lowest BCUT2D eigenvalue weighted by Crippen LogP contribution is -2.33. The molecule has 1 unspecified atom stereocenters. The average molecular weight is 259 g/mol. The van der Waals surface area contributed by atoms with Crippen LogP contribution < -0.4 is 11.3 Å². The number of esters is 1. The number of rotatable bonds is 4. The molecule has 1 atom stereocenters. The zero-order chi connectivity index (χ0) is 13.0. The second kappa shape index (κ2) is 5.84. The van der Waals surface area contributed by atoms with Gasteiger partial charge in [-0.25, -0.2) is 4.79 Å². The van der Waals surface area contributed by atoms with Crippen molar-refractivity contribution >= 4 is 17.6 Å². The molecule has 0 aliphatic heterocycles. The first-order valence-electron chi connectivity index (χ1n) is 5.29. The smallest absolute Gasteiger partial charge is 0.343 e. The van der Waals surface area contributed by atoms with E-state index in [0.29, 0.717) is 0 Å². The number of pyridine rings is 1. The second-order valence-corrected chi connectivity index (χ2v) is 4.07. The van der Waals surface area contributed by atoms with Crippen LogP contribution in [0.4, 0.5) is 0 Å². The van der Waals surface area contributed by atoms with Crippen molar-refractivity contribution in [3.8, 4) is 0 Å². The minimum atomic E-state index is -0.646. The summed E-state index contributed by atoms with van der Waals surface area (Å²) in [6.45, 7) is 3.90. The van der Waals surface area contributed by atoms with Gasteiger partial charge in [-0.15, -0.1) is 0 Å². The first-order valence-corrected chi connectivity index (χ1v) is 5.67. The van der Waals surface area contributed by atoms with Crippen LogP contribution >= 0.6 is 11.6 Å². The molecule has 0 bridgehead atoms. The van der Waals surface area contributed by atoms with Crippen LogP contribution in [0.25, 0.3) is 0 Å². The second-order valence-electron chi connectivity index (χ2n) is 3.68. The van der Waals surface area contributed by atoms with Gasteiger partial charge in [0.25, 0.3) is 5.56 Å². The Balaban J connectivity index is 3.19. The minimum absolute atomic E-state index is 0.0306. The molecular weight excluding hydrogens is 244 g/mol. The van der Waals surface area contributed by atoms with E-state index < -0.39 is 11.5 Å². The normalized spacial score (nSPS) is 12.2. The molecule has 6 heteroatoms. The standard InChI is InChI=1S/C11H15ClN2O3/c1-3-17-11(16)8-4-5-9(12)14(10(8)15)6-7(2)13/h4-5,7H,3,6,13H2,1-2H3. The SMILES string of the molecule is CCOC(=O)c1ccc(Cl)n(CC(C)N)c1=O. The lowest BCUT2D eigenvalue weighted by Gasteiger charge is -2.12. The summed E-state index contributed by atoms with van der Waals surface area (Å²) in [5, 5.41) is 0.250. The van der Waals surface area contributed by atoms with Crippen molar-refractivity contribution in [1.29, 1.82) is 0 Å². The van der Waals surface area contributed by atoms with Gasteiger partial charge in [-0.05, 0) is 26.0 Å². The van der Waals surface area contributed by atoms with E-state index in [0.717, 1.165) is 0 Å². The fraction of sp³-hybridized carbons (Fsp3) is 0.455. The van der Waals surface area contributed by atoms with Gasteiger partial charge in [0, 0.05) is 12.6 Å². The van der Waals surface area contributed by atoms with Gasteiger partial charge in [0.15, 0.2) is 0 Å². The summed E-state index contributed by atoms with van der Waals surface area (Å²) in [5.74, 6) is -0.646. The Bertz CT molecular complexity index is 468. The molecule has 2 N–H and O–H groups in total. The summed E-state index contributed by atoms with van der Waals surface area (Å²) < 4.78 is 6.04. The van der Waals surface area contributed by atoms with E-state index in [1.165, 1.54) is 16.7 Å². The van der Waals surface area contributed by atoms with Crippen LogP contribution in [0.3, 0.4) is 0 Å². The summed E-state index contributed by atoms with van der Waals surface area (Å²) in [7, 11) is 0. The highest BCUT2D eigenvalue weighted by Gasteiger charge is 2.15. The summed E-state index contributed by atoms with van der Waals surface area (Å²) in [6.07, 6.45) is 0. The minimum Gasteiger partial charge on any atom is -0.462 e. The molecule has 1 aromatic heterocycles. The van der Waals surface area contributed by atoms with Crippen molar-refractivity contribution in [2.75, 3.05) is 6.61 Å². The topological polar surface area (TPSA) is 74.3 Å². The molecule has 1 aromatic rings. The Morgan fingerprint density at radius 1 is 1.59 bits per heavy atom. The third-order valence-corrected chi connectivity index (χ3v) is 2.42. The number of ether oxygens (including phenoxy) is 1. The van der Waals surface area contributed by atoms with Crippen LogP contribution in [-0.4, -0.2) is 23.2 Å². The van der Waals surface area contributed by atoms with E-state index in [1.807, 2.05) is 0 Å². The van der Waals surface area contributed by atoms with Gasteiger partial charge in [0.1, 0.15) is 10.7 Å².